The first-order valence-corrected chi connectivity index (χ1v) is 10.8. The summed E-state index contributed by atoms with van der Waals surface area (Å²) in [4.78, 5) is 28.1. The Morgan fingerprint density at radius 1 is 1.06 bits per heavy atom. The molecule has 0 atom stereocenters. The number of hydrogen-bond acceptors (Lipinski definition) is 5. The van der Waals surface area contributed by atoms with Crippen molar-refractivity contribution in [1.82, 2.24) is 19.5 Å². The van der Waals surface area contributed by atoms with Crippen molar-refractivity contribution in [2.24, 2.45) is 0 Å². The number of aromatic nitrogens is 4. The predicted molar refractivity (Wildman–Crippen MR) is 138 cm³/mol. The molecule has 0 amide bonds. The number of rotatable bonds is 5. The molecule has 1 fully saturated rings. The Morgan fingerprint density at radius 3 is 2.47 bits per heavy atom. The Kier molecular flexibility index (Phi) is 8.17. The maximum atomic E-state index is 13.4. The van der Waals surface area contributed by atoms with Crippen LogP contribution in [0.15, 0.2) is 65.6 Å². The van der Waals surface area contributed by atoms with Gasteiger partial charge in [0.15, 0.2) is 0 Å². The number of benzene rings is 2. The van der Waals surface area contributed by atoms with Crippen LogP contribution in [0.5, 0.6) is 0 Å². The molecule has 2 aromatic carbocycles. The molecule has 0 radical (unpaired) electrons. The third-order valence-electron chi connectivity index (χ3n) is 6.18. The Morgan fingerprint density at radius 2 is 1.76 bits per heavy atom. The first-order chi connectivity index (χ1) is 15.6. The van der Waals surface area contributed by atoms with Gasteiger partial charge in [-0.2, -0.15) is 0 Å². The molecular formula is C24H27Cl2FN6O. The van der Waals surface area contributed by atoms with Gasteiger partial charge in [-0.15, -0.1) is 24.8 Å². The normalized spacial score (nSPS) is 13.9. The molecule has 0 saturated carbocycles. The van der Waals surface area contributed by atoms with E-state index in [4.69, 9.17) is 4.98 Å². The minimum atomic E-state index is -0.232. The summed E-state index contributed by atoms with van der Waals surface area (Å²) in [6.45, 7) is 2.32. The van der Waals surface area contributed by atoms with Crippen molar-refractivity contribution in [3.05, 3.63) is 82.5 Å². The van der Waals surface area contributed by atoms with Crippen LogP contribution in [0.3, 0.4) is 0 Å². The Hall–Kier alpha value is -3.10. The number of para-hydroxylation sites is 2. The van der Waals surface area contributed by atoms with Crippen LogP contribution in [0.1, 0.15) is 18.4 Å². The number of piperidine rings is 1. The zero-order chi connectivity index (χ0) is 22.1. The van der Waals surface area contributed by atoms with Crippen molar-refractivity contribution in [1.29, 1.82) is 0 Å². The number of H-pyrrole nitrogens is 1. The molecule has 2 aromatic heterocycles. The molecule has 34 heavy (non-hydrogen) atoms. The second kappa shape index (κ2) is 10.9. The Bertz CT molecular complexity index is 1280. The molecular weight excluding hydrogens is 478 g/mol. The highest BCUT2D eigenvalue weighted by Crippen LogP contribution is 2.28. The fraction of sp³-hybridized carbons (Fsp3) is 0.292. The molecule has 0 aliphatic carbocycles. The molecule has 1 N–H and O–H groups in total. The number of imidazole rings is 1. The highest BCUT2D eigenvalue weighted by atomic mass is 35.5. The smallest absolute Gasteiger partial charge is 0.252 e. The molecule has 0 unspecified atom stereocenters. The standard InChI is InChI=1S/C24H25FN6O.2ClH/c1-29(23-26-13-10-22(32)28-23)19-11-14-30(15-12-19)24-27-20-4-2-3-5-21(20)31(24)16-17-6-8-18(25)9-7-17;;/h2-10,13,19H,11-12,14-16H2,1H3,(H,26,28,32);2*1H. The Balaban J connectivity index is 0.00000162. The summed E-state index contributed by atoms with van der Waals surface area (Å²) < 4.78 is 15.6. The molecule has 7 nitrogen and oxygen atoms in total. The highest BCUT2D eigenvalue weighted by molar-refractivity contribution is 5.85. The van der Waals surface area contributed by atoms with Crippen molar-refractivity contribution in [2.45, 2.75) is 25.4 Å². The van der Waals surface area contributed by atoms with E-state index in [0.29, 0.717) is 12.5 Å². The molecule has 1 aliphatic heterocycles. The lowest BCUT2D eigenvalue weighted by atomic mass is 10.0. The molecule has 1 saturated heterocycles. The van der Waals surface area contributed by atoms with E-state index >= 15 is 0 Å². The van der Waals surface area contributed by atoms with Crippen LogP contribution in [-0.4, -0.2) is 45.7 Å². The van der Waals surface area contributed by atoms with Crippen LogP contribution in [0.2, 0.25) is 0 Å². The van der Waals surface area contributed by atoms with E-state index in [9.17, 15) is 9.18 Å². The molecule has 180 valence electrons. The average Bonchev–Trinajstić information content (AvgIpc) is 3.18. The van der Waals surface area contributed by atoms with Gasteiger partial charge in [-0.25, -0.2) is 14.4 Å². The van der Waals surface area contributed by atoms with E-state index < -0.39 is 0 Å². The van der Waals surface area contributed by atoms with E-state index in [0.717, 1.165) is 48.5 Å². The number of nitrogens with one attached hydrogen (secondary N) is 1. The van der Waals surface area contributed by atoms with Crippen molar-refractivity contribution < 1.29 is 4.39 Å². The molecule has 3 heterocycles. The van der Waals surface area contributed by atoms with Gasteiger partial charge in [0.05, 0.1) is 17.6 Å². The Labute approximate surface area is 209 Å². The van der Waals surface area contributed by atoms with E-state index in [1.54, 1.807) is 0 Å². The minimum Gasteiger partial charge on any atom is -0.342 e. The largest absolute Gasteiger partial charge is 0.342 e. The molecule has 0 spiro atoms. The van der Waals surface area contributed by atoms with Crippen molar-refractivity contribution >= 4 is 47.7 Å². The third-order valence-corrected chi connectivity index (χ3v) is 6.18. The van der Waals surface area contributed by atoms with Crippen LogP contribution in [-0.2, 0) is 6.54 Å². The molecule has 1 aliphatic rings. The van der Waals surface area contributed by atoms with Gasteiger partial charge in [-0.3, -0.25) is 9.78 Å². The number of fused-ring (bicyclic) bond motifs is 1. The summed E-state index contributed by atoms with van der Waals surface area (Å²) >= 11 is 0. The zero-order valence-electron chi connectivity index (χ0n) is 18.7. The first kappa shape index (κ1) is 25.5. The van der Waals surface area contributed by atoms with Gasteiger partial charge in [-0.1, -0.05) is 24.3 Å². The number of halogens is 3. The summed E-state index contributed by atoms with van der Waals surface area (Å²) in [5, 5.41) is 0. The summed E-state index contributed by atoms with van der Waals surface area (Å²) in [6.07, 6.45) is 3.39. The second-order valence-electron chi connectivity index (χ2n) is 8.20. The lowest BCUT2D eigenvalue weighted by Crippen LogP contribution is -2.45. The SMILES string of the molecule is CN(c1nccc(=O)[nH]1)C1CCN(c2nc3ccccc3n2Cc2ccc(F)cc2)CC1.Cl.Cl. The fourth-order valence-corrected chi connectivity index (χ4v) is 4.40. The zero-order valence-corrected chi connectivity index (χ0v) is 20.4. The van der Waals surface area contributed by atoms with Crippen molar-refractivity contribution in [2.75, 3.05) is 29.9 Å². The maximum Gasteiger partial charge on any atom is 0.252 e. The molecule has 4 aromatic rings. The topological polar surface area (TPSA) is 70.1 Å². The van der Waals surface area contributed by atoms with Crippen molar-refractivity contribution in [3.8, 4) is 0 Å². The van der Waals surface area contributed by atoms with E-state index in [2.05, 4.69) is 30.4 Å². The highest BCUT2D eigenvalue weighted by Gasteiger charge is 2.27. The van der Waals surface area contributed by atoms with Gasteiger partial charge in [0.25, 0.3) is 5.56 Å². The summed E-state index contributed by atoms with van der Waals surface area (Å²) in [7, 11) is 1.97. The molecule has 5 rings (SSSR count). The van der Waals surface area contributed by atoms with Crippen LogP contribution in [0.25, 0.3) is 11.0 Å². The van der Waals surface area contributed by atoms with Crippen LogP contribution in [0, 0.1) is 5.82 Å². The minimum absolute atomic E-state index is 0. The van der Waals surface area contributed by atoms with Gasteiger partial charge in [0, 0.05) is 38.4 Å². The molecule has 10 heteroatoms. The first-order valence-electron chi connectivity index (χ1n) is 10.8. The van der Waals surface area contributed by atoms with E-state index in [1.165, 1.54) is 24.4 Å². The van der Waals surface area contributed by atoms with Gasteiger partial charge in [0.2, 0.25) is 11.9 Å². The average molecular weight is 505 g/mol. The third kappa shape index (κ3) is 5.18. The maximum absolute atomic E-state index is 13.4. The fourth-order valence-electron chi connectivity index (χ4n) is 4.40. The van der Waals surface area contributed by atoms with Crippen molar-refractivity contribution in [3.63, 3.8) is 0 Å². The number of hydrogen-bond donors (Lipinski definition) is 1. The van der Waals surface area contributed by atoms with Crippen LogP contribution >= 0.6 is 24.8 Å². The quantitative estimate of drug-likeness (QED) is 0.439. The van der Waals surface area contributed by atoms with Gasteiger partial charge in [-0.05, 0) is 42.7 Å². The number of nitrogens with zero attached hydrogens (tertiary/aromatic N) is 5. The van der Waals surface area contributed by atoms with Crippen LogP contribution in [0.4, 0.5) is 16.3 Å². The summed E-state index contributed by atoms with van der Waals surface area (Å²) in [6, 6.07) is 16.5. The van der Waals surface area contributed by atoms with Gasteiger partial charge < -0.3 is 14.4 Å². The number of anilines is 2. The summed E-state index contributed by atoms with van der Waals surface area (Å²) in [5.41, 5.74) is 2.91. The predicted octanol–water partition coefficient (Wildman–Crippen LogP) is 4.26. The van der Waals surface area contributed by atoms with Gasteiger partial charge >= 0.3 is 0 Å². The van der Waals surface area contributed by atoms with Gasteiger partial charge in [0.1, 0.15) is 5.82 Å². The van der Waals surface area contributed by atoms with E-state index in [-0.39, 0.29) is 42.2 Å². The number of aromatic amines is 1. The molecule has 0 bridgehead atoms. The summed E-state index contributed by atoms with van der Waals surface area (Å²) in [5.74, 6) is 1.30. The lowest BCUT2D eigenvalue weighted by molar-refractivity contribution is 0.469. The van der Waals surface area contributed by atoms with E-state index in [1.807, 2.05) is 37.4 Å². The van der Waals surface area contributed by atoms with Crippen LogP contribution < -0.4 is 15.4 Å². The second-order valence-corrected chi connectivity index (χ2v) is 8.20. The lowest BCUT2D eigenvalue weighted by Gasteiger charge is -2.37. The monoisotopic (exact) mass is 504 g/mol.